The van der Waals surface area contributed by atoms with E-state index in [1.807, 2.05) is 13.8 Å². The van der Waals surface area contributed by atoms with Crippen molar-refractivity contribution in [3.8, 4) is 5.75 Å². The Balaban J connectivity index is 1.57. The van der Waals surface area contributed by atoms with Crippen LogP contribution in [-0.2, 0) is 11.2 Å². The number of halogens is 1. The van der Waals surface area contributed by atoms with Gasteiger partial charge in [0.05, 0.1) is 18.7 Å². The van der Waals surface area contributed by atoms with E-state index in [1.54, 1.807) is 17.0 Å². The van der Waals surface area contributed by atoms with Crippen LogP contribution in [0.3, 0.4) is 0 Å². The first-order valence-corrected chi connectivity index (χ1v) is 8.25. The fraction of sp³-hybridized carbons (Fsp3) is 0.444. The molecule has 1 aliphatic rings. The van der Waals surface area contributed by atoms with Crippen molar-refractivity contribution in [1.29, 1.82) is 0 Å². The van der Waals surface area contributed by atoms with Crippen LogP contribution >= 0.6 is 0 Å². The summed E-state index contributed by atoms with van der Waals surface area (Å²) in [7, 11) is 0. The molecule has 2 aromatic rings. The predicted octanol–water partition coefficient (Wildman–Crippen LogP) is 1.75. The number of aryl methyl sites for hydroxylation is 2. The lowest BCUT2D eigenvalue weighted by Crippen LogP contribution is -2.41. The molecule has 2 heterocycles. The smallest absolute Gasteiger partial charge is 0.227 e. The molecule has 3 rings (SSSR count). The van der Waals surface area contributed by atoms with Crippen molar-refractivity contribution in [1.82, 2.24) is 15.1 Å². The average Bonchev–Trinajstić information content (AvgIpc) is 3.11. The largest absolute Gasteiger partial charge is 0.490 e. The summed E-state index contributed by atoms with van der Waals surface area (Å²) < 4.78 is 18.7. The van der Waals surface area contributed by atoms with Crippen molar-refractivity contribution in [2.45, 2.75) is 32.3 Å². The molecule has 0 aliphatic carbocycles. The van der Waals surface area contributed by atoms with E-state index in [9.17, 15) is 14.3 Å². The zero-order valence-electron chi connectivity index (χ0n) is 14.4. The Bertz CT molecular complexity index is 757. The first-order valence-electron chi connectivity index (χ1n) is 8.25. The fourth-order valence-electron chi connectivity index (χ4n) is 3.06. The SMILES string of the molecule is Cc1n[nH]c(C)c1CC(=O)N1CC[C@](O)(COc2cccc(F)c2)C1. The third kappa shape index (κ3) is 3.99. The molecule has 1 aromatic heterocycles. The normalized spacial score (nSPS) is 20.1. The van der Waals surface area contributed by atoms with Crippen LogP contribution in [0, 0.1) is 19.7 Å². The second-order valence-electron chi connectivity index (χ2n) is 6.63. The second-order valence-corrected chi connectivity index (χ2v) is 6.63. The number of aromatic nitrogens is 2. The Morgan fingerprint density at radius 2 is 2.28 bits per heavy atom. The Hall–Kier alpha value is -2.41. The Morgan fingerprint density at radius 1 is 1.48 bits per heavy atom. The van der Waals surface area contributed by atoms with Gasteiger partial charge >= 0.3 is 0 Å². The number of hydrogen-bond acceptors (Lipinski definition) is 4. The number of aromatic amines is 1. The van der Waals surface area contributed by atoms with Crippen LogP contribution in [0.15, 0.2) is 24.3 Å². The lowest BCUT2D eigenvalue weighted by molar-refractivity contribution is -0.130. The molecule has 0 radical (unpaired) electrons. The molecule has 0 spiro atoms. The van der Waals surface area contributed by atoms with Crippen LogP contribution in [-0.4, -0.2) is 51.4 Å². The van der Waals surface area contributed by atoms with Gasteiger partial charge in [-0.05, 0) is 32.4 Å². The van der Waals surface area contributed by atoms with E-state index >= 15 is 0 Å². The third-order valence-corrected chi connectivity index (χ3v) is 4.60. The lowest BCUT2D eigenvalue weighted by atomic mass is 10.1. The van der Waals surface area contributed by atoms with E-state index < -0.39 is 11.4 Å². The van der Waals surface area contributed by atoms with Gasteiger partial charge in [-0.25, -0.2) is 4.39 Å². The zero-order valence-corrected chi connectivity index (χ0v) is 14.4. The van der Waals surface area contributed by atoms with Crippen molar-refractivity contribution in [2.24, 2.45) is 0 Å². The fourth-order valence-corrected chi connectivity index (χ4v) is 3.06. The van der Waals surface area contributed by atoms with Gasteiger partial charge in [0.15, 0.2) is 0 Å². The Kier molecular flexibility index (Phi) is 4.76. The topological polar surface area (TPSA) is 78.5 Å². The highest BCUT2D eigenvalue weighted by molar-refractivity contribution is 5.79. The summed E-state index contributed by atoms with van der Waals surface area (Å²) in [5.41, 5.74) is 1.48. The number of nitrogens with zero attached hydrogens (tertiary/aromatic N) is 2. The quantitative estimate of drug-likeness (QED) is 0.864. The number of amides is 1. The number of β-amino-alcohol motifs (C(OH)–C–C–N with tert-alkyl or cyclic N) is 1. The van der Waals surface area contributed by atoms with Crippen LogP contribution in [0.5, 0.6) is 5.75 Å². The van der Waals surface area contributed by atoms with Crippen molar-refractivity contribution in [3.05, 3.63) is 47.0 Å². The van der Waals surface area contributed by atoms with Crippen molar-refractivity contribution in [2.75, 3.05) is 19.7 Å². The first-order chi connectivity index (χ1) is 11.9. The van der Waals surface area contributed by atoms with Crippen LogP contribution in [0.2, 0.25) is 0 Å². The molecule has 1 amide bonds. The summed E-state index contributed by atoms with van der Waals surface area (Å²) in [5.74, 6) is -0.0734. The maximum absolute atomic E-state index is 13.2. The number of aliphatic hydroxyl groups is 1. The van der Waals surface area contributed by atoms with Gasteiger partial charge < -0.3 is 14.7 Å². The van der Waals surface area contributed by atoms with E-state index in [0.717, 1.165) is 17.0 Å². The van der Waals surface area contributed by atoms with Gasteiger partial charge in [0.25, 0.3) is 0 Å². The summed E-state index contributed by atoms with van der Waals surface area (Å²) in [4.78, 5) is 14.1. The van der Waals surface area contributed by atoms with Crippen molar-refractivity contribution >= 4 is 5.91 Å². The van der Waals surface area contributed by atoms with Gasteiger partial charge in [-0.1, -0.05) is 6.07 Å². The zero-order chi connectivity index (χ0) is 18.0. The number of likely N-dealkylation sites (tertiary alicyclic amines) is 1. The van der Waals surface area contributed by atoms with Gasteiger partial charge in [-0.15, -0.1) is 0 Å². The molecular weight excluding hydrogens is 325 g/mol. The average molecular weight is 347 g/mol. The van der Waals surface area contributed by atoms with E-state index in [-0.39, 0.29) is 25.5 Å². The monoisotopic (exact) mass is 347 g/mol. The second kappa shape index (κ2) is 6.84. The first kappa shape index (κ1) is 17.4. The third-order valence-electron chi connectivity index (χ3n) is 4.60. The minimum absolute atomic E-state index is 0.0179. The molecular formula is C18H22FN3O3. The molecule has 6 nitrogen and oxygen atoms in total. The van der Waals surface area contributed by atoms with E-state index in [1.165, 1.54) is 12.1 Å². The highest BCUT2D eigenvalue weighted by Crippen LogP contribution is 2.24. The van der Waals surface area contributed by atoms with Crippen LogP contribution in [0.25, 0.3) is 0 Å². The molecule has 1 saturated heterocycles. The molecule has 1 aliphatic heterocycles. The predicted molar refractivity (Wildman–Crippen MR) is 89.8 cm³/mol. The minimum atomic E-state index is -1.12. The van der Waals surface area contributed by atoms with Crippen LogP contribution in [0.4, 0.5) is 4.39 Å². The summed E-state index contributed by atoms with van der Waals surface area (Å²) in [6, 6.07) is 5.78. The van der Waals surface area contributed by atoms with Gasteiger partial charge in [0, 0.05) is 23.9 Å². The molecule has 1 fully saturated rings. The van der Waals surface area contributed by atoms with Crippen LogP contribution < -0.4 is 4.74 Å². The minimum Gasteiger partial charge on any atom is -0.490 e. The van der Waals surface area contributed by atoms with Crippen LogP contribution in [0.1, 0.15) is 23.4 Å². The van der Waals surface area contributed by atoms with E-state index in [4.69, 9.17) is 4.74 Å². The van der Waals surface area contributed by atoms with Crippen molar-refractivity contribution < 1.29 is 19.0 Å². The van der Waals surface area contributed by atoms with Crippen molar-refractivity contribution in [3.63, 3.8) is 0 Å². The molecule has 0 bridgehead atoms. The number of carbonyl (C=O) groups excluding carboxylic acids is 1. The van der Waals surface area contributed by atoms with Gasteiger partial charge in [0.2, 0.25) is 5.91 Å². The molecule has 2 N–H and O–H groups in total. The van der Waals surface area contributed by atoms with Gasteiger partial charge in [-0.3, -0.25) is 9.89 Å². The number of H-pyrrole nitrogens is 1. The lowest BCUT2D eigenvalue weighted by Gasteiger charge is -2.23. The molecule has 0 saturated carbocycles. The van der Waals surface area contributed by atoms with E-state index in [2.05, 4.69) is 10.2 Å². The van der Waals surface area contributed by atoms with Gasteiger partial charge in [-0.2, -0.15) is 5.10 Å². The number of benzene rings is 1. The molecule has 134 valence electrons. The summed E-state index contributed by atoms with van der Waals surface area (Å²) in [6.07, 6.45) is 0.687. The Morgan fingerprint density at radius 3 is 2.96 bits per heavy atom. The summed E-state index contributed by atoms with van der Waals surface area (Å²) in [6.45, 7) is 4.44. The highest BCUT2D eigenvalue weighted by Gasteiger charge is 2.39. The number of nitrogens with one attached hydrogen (secondary N) is 1. The standard InChI is InChI=1S/C18H22FN3O3/c1-12-16(13(2)21-20-12)9-17(23)22-7-6-18(24,10-22)11-25-15-5-3-4-14(19)8-15/h3-5,8,24H,6-7,9-11H2,1-2H3,(H,20,21)/t18-/m1/s1. The molecule has 0 unspecified atom stereocenters. The summed E-state index contributed by atoms with van der Waals surface area (Å²) in [5, 5.41) is 17.6. The highest BCUT2D eigenvalue weighted by atomic mass is 19.1. The molecule has 1 atom stereocenters. The number of ether oxygens (including phenoxy) is 1. The number of carbonyl (C=O) groups is 1. The molecule has 7 heteroatoms. The maximum Gasteiger partial charge on any atom is 0.227 e. The summed E-state index contributed by atoms with van der Waals surface area (Å²) >= 11 is 0. The van der Waals surface area contributed by atoms with Gasteiger partial charge in [0.1, 0.15) is 23.8 Å². The number of hydrogen-bond donors (Lipinski definition) is 2. The van der Waals surface area contributed by atoms with E-state index in [0.29, 0.717) is 18.7 Å². The number of rotatable bonds is 5. The molecule has 1 aromatic carbocycles. The maximum atomic E-state index is 13.2. The Labute approximate surface area is 145 Å². The molecule has 25 heavy (non-hydrogen) atoms.